The van der Waals surface area contributed by atoms with E-state index in [4.69, 9.17) is 9.47 Å². The van der Waals surface area contributed by atoms with E-state index in [0.717, 1.165) is 0 Å². The van der Waals surface area contributed by atoms with Crippen molar-refractivity contribution in [1.29, 1.82) is 0 Å². The maximum absolute atomic E-state index is 10.3. The Hall–Kier alpha value is -2.80. The number of aromatic hydroxyl groups is 4. The van der Waals surface area contributed by atoms with Crippen LogP contribution >= 0.6 is 0 Å². The van der Waals surface area contributed by atoms with Crippen LogP contribution in [-0.2, 0) is 6.42 Å². The molecular weight excluding hydrogens is 304 g/mol. The Balaban J connectivity index is 2.02. The molecule has 2 atom stereocenters. The Morgan fingerprint density at radius 1 is 1.00 bits per heavy atom. The zero-order valence-corrected chi connectivity index (χ0v) is 12.2. The maximum atomic E-state index is 10.3. The summed E-state index contributed by atoms with van der Waals surface area (Å²) in [6, 6.07) is 5.41. The SMILES string of the molecule is COc1cc(O)c2c(c1)O[C@H](c1cc(O)c(O)c(O)c1)[C@H](O)C2. The van der Waals surface area contributed by atoms with Gasteiger partial charge in [0.25, 0.3) is 0 Å². The van der Waals surface area contributed by atoms with Crippen LogP contribution in [0.1, 0.15) is 17.2 Å². The second-order valence-corrected chi connectivity index (χ2v) is 5.34. The molecule has 122 valence electrons. The molecule has 0 saturated carbocycles. The van der Waals surface area contributed by atoms with Crippen LogP contribution in [0.3, 0.4) is 0 Å². The van der Waals surface area contributed by atoms with E-state index in [1.54, 1.807) is 6.07 Å². The number of benzene rings is 2. The van der Waals surface area contributed by atoms with Gasteiger partial charge in [0, 0.05) is 29.7 Å². The number of methoxy groups -OCH3 is 1. The predicted octanol–water partition coefficient (Wildman–Crippen LogP) is 1.55. The summed E-state index contributed by atoms with van der Waals surface area (Å²) in [7, 11) is 1.45. The number of aliphatic hydroxyl groups excluding tert-OH is 1. The molecule has 2 aromatic carbocycles. The Morgan fingerprint density at radius 3 is 2.26 bits per heavy atom. The third-order valence-electron chi connectivity index (χ3n) is 3.83. The molecule has 7 heteroatoms. The molecule has 1 aliphatic heterocycles. The average Bonchev–Trinajstić information content (AvgIpc) is 2.52. The maximum Gasteiger partial charge on any atom is 0.200 e. The van der Waals surface area contributed by atoms with Gasteiger partial charge in [-0.15, -0.1) is 0 Å². The monoisotopic (exact) mass is 320 g/mol. The molecule has 7 nitrogen and oxygen atoms in total. The van der Waals surface area contributed by atoms with Gasteiger partial charge in [0.15, 0.2) is 23.4 Å². The van der Waals surface area contributed by atoms with Gasteiger partial charge in [-0.25, -0.2) is 0 Å². The molecule has 0 radical (unpaired) electrons. The van der Waals surface area contributed by atoms with Crippen LogP contribution in [0.25, 0.3) is 0 Å². The highest BCUT2D eigenvalue weighted by Gasteiger charge is 2.33. The molecule has 0 fully saturated rings. The summed E-state index contributed by atoms with van der Waals surface area (Å²) in [5.74, 6) is -0.991. The van der Waals surface area contributed by atoms with Crippen molar-refractivity contribution in [3.63, 3.8) is 0 Å². The van der Waals surface area contributed by atoms with Crippen LogP contribution in [-0.4, -0.2) is 38.7 Å². The summed E-state index contributed by atoms with van der Waals surface area (Å²) >= 11 is 0. The number of hydrogen-bond acceptors (Lipinski definition) is 7. The minimum atomic E-state index is -1.01. The van der Waals surface area contributed by atoms with Crippen molar-refractivity contribution in [2.24, 2.45) is 0 Å². The lowest BCUT2D eigenvalue weighted by Gasteiger charge is -2.31. The van der Waals surface area contributed by atoms with E-state index in [2.05, 4.69) is 0 Å². The van der Waals surface area contributed by atoms with Gasteiger partial charge in [0.05, 0.1) is 13.2 Å². The Morgan fingerprint density at radius 2 is 1.65 bits per heavy atom. The topological polar surface area (TPSA) is 120 Å². The van der Waals surface area contributed by atoms with Crippen molar-refractivity contribution in [1.82, 2.24) is 0 Å². The fraction of sp³-hybridized carbons (Fsp3) is 0.250. The van der Waals surface area contributed by atoms with Gasteiger partial charge in [-0.05, 0) is 12.1 Å². The fourth-order valence-corrected chi connectivity index (χ4v) is 2.65. The van der Waals surface area contributed by atoms with Crippen LogP contribution in [0.5, 0.6) is 34.5 Å². The summed E-state index contributed by atoms with van der Waals surface area (Å²) in [5, 5.41) is 48.9. The molecule has 0 bridgehead atoms. The van der Waals surface area contributed by atoms with E-state index in [-0.39, 0.29) is 12.2 Å². The van der Waals surface area contributed by atoms with Crippen molar-refractivity contribution in [3.05, 3.63) is 35.4 Å². The summed E-state index contributed by atoms with van der Waals surface area (Å²) < 4.78 is 10.8. The molecule has 0 aliphatic carbocycles. The molecule has 0 unspecified atom stereocenters. The minimum Gasteiger partial charge on any atom is -0.507 e. The van der Waals surface area contributed by atoms with Crippen molar-refractivity contribution in [2.75, 3.05) is 7.11 Å². The number of rotatable bonds is 2. The molecule has 0 aromatic heterocycles. The number of fused-ring (bicyclic) bond motifs is 1. The highest BCUT2D eigenvalue weighted by atomic mass is 16.5. The van der Waals surface area contributed by atoms with E-state index in [1.807, 2.05) is 0 Å². The Labute approximate surface area is 131 Å². The number of phenolic OH excluding ortho intramolecular Hbond substituents is 4. The van der Waals surface area contributed by atoms with Crippen LogP contribution < -0.4 is 9.47 Å². The Bertz CT molecular complexity index is 733. The Kier molecular flexibility index (Phi) is 3.57. The molecule has 2 aromatic rings. The quantitative estimate of drug-likeness (QED) is 0.533. The van der Waals surface area contributed by atoms with Crippen molar-refractivity contribution < 1.29 is 35.0 Å². The van der Waals surface area contributed by atoms with Gasteiger partial charge in [-0.2, -0.15) is 0 Å². The smallest absolute Gasteiger partial charge is 0.200 e. The average molecular weight is 320 g/mol. The van der Waals surface area contributed by atoms with Crippen LogP contribution in [0, 0.1) is 0 Å². The number of hydrogen-bond donors (Lipinski definition) is 5. The normalized spacial score (nSPS) is 19.7. The molecule has 1 aliphatic rings. The number of phenols is 4. The number of aliphatic hydroxyl groups is 1. The lowest BCUT2D eigenvalue weighted by molar-refractivity contribution is 0.0196. The highest BCUT2D eigenvalue weighted by molar-refractivity contribution is 5.54. The summed E-state index contributed by atoms with van der Waals surface area (Å²) in [5.41, 5.74) is 0.736. The lowest BCUT2D eigenvalue weighted by Crippen LogP contribution is -2.30. The molecule has 1 heterocycles. The zero-order chi connectivity index (χ0) is 16.7. The number of ether oxygens (including phenoxy) is 2. The van der Waals surface area contributed by atoms with E-state index in [9.17, 15) is 25.5 Å². The van der Waals surface area contributed by atoms with E-state index in [1.165, 1.54) is 25.3 Å². The van der Waals surface area contributed by atoms with Crippen molar-refractivity contribution in [2.45, 2.75) is 18.6 Å². The molecular formula is C16H16O7. The molecule has 23 heavy (non-hydrogen) atoms. The highest BCUT2D eigenvalue weighted by Crippen LogP contribution is 2.44. The van der Waals surface area contributed by atoms with Crippen LogP contribution in [0.15, 0.2) is 24.3 Å². The lowest BCUT2D eigenvalue weighted by atomic mass is 9.93. The van der Waals surface area contributed by atoms with Crippen LogP contribution in [0.2, 0.25) is 0 Å². The first kappa shape index (κ1) is 15.1. The first-order valence-electron chi connectivity index (χ1n) is 6.90. The molecule has 3 rings (SSSR count). The van der Waals surface area contributed by atoms with E-state index < -0.39 is 29.5 Å². The van der Waals surface area contributed by atoms with Crippen LogP contribution in [0.4, 0.5) is 0 Å². The second kappa shape index (κ2) is 5.44. The fourth-order valence-electron chi connectivity index (χ4n) is 2.65. The standard InChI is InChI=1S/C16H16O7/c1-22-8-4-10(17)9-6-13(20)16(23-14(9)5-8)7-2-11(18)15(21)12(19)3-7/h2-5,13,16-21H,6H2,1H3/t13-,16-/m1/s1. The first-order valence-corrected chi connectivity index (χ1v) is 6.90. The summed E-state index contributed by atoms with van der Waals surface area (Å²) in [4.78, 5) is 0. The van der Waals surface area contributed by atoms with Gasteiger partial charge >= 0.3 is 0 Å². The molecule has 0 spiro atoms. The molecule has 5 N–H and O–H groups in total. The largest absolute Gasteiger partial charge is 0.507 e. The van der Waals surface area contributed by atoms with Crippen molar-refractivity contribution >= 4 is 0 Å². The summed E-state index contributed by atoms with van der Waals surface area (Å²) in [6.07, 6.45) is -1.77. The van der Waals surface area contributed by atoms with E-state index >= 15 is 0 Å². The zero-order valence-electron chi connectivity index (χ0n) is 12.2. The van der Waals surface area contributed by atoms with Gasteiger partial charge in [-0.3, -0.25) is 0 Å². The van der Waals surface area contributed by atoms with E-state index in [0.29, 0.717) is 22.6 Å². The van der Waals surface area contributed by atoms with Gasteiger partial charge in [-0.1, -0.05) is 0 Å². The van der Waals surface area contributed by atoms with Gasteiger partial charge in [0.1, 0.15) is 17.2 Å². The summed E-state index contributed by atoms with van der Waals surface area (Å²) in [6.45, 7) is 0. The van der Waals surface area contributed by atoms with Gasteiger partial charge in [0.2, 0.25) is 0 Å². The second-order valence-electron chi connectivity index (χ2n) is 5.34. The third-order valence-corrected chi connectivity index (χ3v) is 3.83. The predicted molar refractivity (Wildman–Crippen MR) is 79.2 cm³/mol. The first-order chi connectivity index (χ1) is 10.9. The molecule has 0 saturated heterocycles. The van der Waals surface area contributed by atoms with Gasteiger partial charge < -0.3 is 35.0 Å². The molecule has 0 amide bonds. The minimum absolute atomic E-state index is 0.0479. The third kappa shape index (κ3) is 2.55. The van der Waals surface area contributed by atoms with Crippen molar-refractivity contribution in [3.8, 4) is 34.5 Å².